The van der Waals surface area contributed by atoms with Crippen LogP contribution in [-0.4, -0.2) is 23.4 Å². The van der Waals surface area contributed by atoms with Crippen LogP contribution >= 0.6 is 22.9 Å². The third kappa shape index (κ3) is 2.51. The Bertz CT molecular complexity index is 695. The van der Waals surface area contributed by atoms with E-state index in [0.717, 1.165) is 29.5 Å². The van der Waals surface area contributed by atoms with Gasteiger partial charge in [-0.2, -0.15) is 0 Å². The molecule has 5 heteroatoms. The Labute approximate surface area is 133 Å². The van der Waals surface area contributed by atoms with Crippen LogP contribution in [0.15, 0.2) is 18.2 Å². The van der Waals surface area contributed by atoms with Crippen LogP contribution in [0.5, 0.6) is 0 Å². The molecule has 1 saturated heterocycles. The number of hydrogen-bond acceptors (Lipinski definition) is 3. The zero-order chi connectivity index (χ0) is 15.1. The van der Waals surface area contributed by atoms with Gasteiger partial charge in [-0.3, -0.25) is 4.79 Å². The van der Waals surface area contributed by atoms with Gasteiger partial charge < -0.3 is 10.6 Å². The number of nitrogens with zero attached hydrogens (tertiary/aromatic N) is 1. The predicted octanol–water partition coefficient (Wildman–Crippen LogP) is 4.40. The van der Waals surface area contributed by atoms with E-state index in [0.29, 0.717) is 27.5 Å². The van der Waals surface area contributed by atoms with Crippen LogP contribution in [0.4, 0.5) is 5.69 Å². The number of likely N-dealkylation sites (tertiary alicyclic amines) is 1. The summed E-state index contributed by atoms with van der Waals surface area (Å²) in [4.78, 5) is 15.5. The van der Waals surface area contributed by atoms with Crippen molar-refractivity contribution in [3.8, 4) is 0 Å². The summed E-state index contributed by atoms with van der Waals surface area (Å²) in [7, 11) is 0. The van der Waals surface area contributed by atoms with E-state index in [1.807, 2.05) is 23.1 Å². The van der Waals surface area contributed by atoms with E-state index in [2.05, 4.69) is 13.8 Å². The minimum Gasteiger partial charge on any atom is -0.397 e. The largest absolute Gasteiger partial charge is 0.397 e. The summed E-state index contributed by atoms with van der Waals surface area (Å²) in [6, 6.07) is 5.93. The van der Waals surface area contributed by atoms with Gasteiger partial charge in [0.25, 0.3) is 5.91 Å². The van der Waals surface area contributed by atoms with Crippen molar-refractivity contribution in [2.45, 2.75) is 32.7 Å². The lowest BCUT2D eigenvalue weighted by Gasteiger charge is -2.27. The van der Waals surface area contributed by atoms with E-state index in [1.54, 1.807) is 0 Å². The molecule has 1 aromatic heterocycles. The number of nitrogen functional groups attached to an aromatic ring is 1. The minimum atomic E-state index is 0.0704. The molecule has 21 heavy (non-hydrogen) atoms. The zero-order valence-corrected chi connectivity index (χ0v) is 13.8. The highest BCUT2D eigenvalue weighted by molar-refractivity contribution is 7.21. The Morgan fingerprint density at radius 3 is 2.95 bits per heavy atom. The Hall–Kier alpha value is -1.26. The molecule has 0 aliphatic carbocycles. The molecule has 1 unspecified atom stereocenters. The van der Waals surface area contributed by atoms with Gasteiger partial charge in [-0.05, 0) is 37.0 Å². The topological polar surface area (TPSA) is 46.3 Å². The summed E-state index contributed by atoms with van der Waals surface area (Å²) in [5.74, 6) is 0.544. The molecule has 3 nitrogen and oxygen atoms in total. The first kappa shape index (κ1) is 14.7. The molecule has 1 atom stereocenters. The number of carbonyl (C=O) groups excluding carboxylic acids is 1. The average Bonchev–Trinajstić information content (AvgIpc) is 3.04. The van der Waals surface area contributed by atoms with E-state index >= 15 is 0 Å². The van der Waals surface area contributed by atoms with Gasteiger partial charge in [0.15, 0.2) is 0 Å². The Kier molecular flexibility index (Phi) is 3.84. The fourth-order valence-electron chi connectivity index (χ4n) is 3.12. The summed E-state index contributed by atoms with van der Waals surface area (Å²) in [5, 5.41) is 1.53. The first-order valence-corrected chi connectivity index (χ1v) is 8.47. The van der Waals surface area contributed by atoms with Crippen molar-refractivity contribution < 1.29 is 4.79 Å². The van der Waals surface area contributed by atoms with Crippen LogP contribution in [0.1, 0.15) is 36.4 Å². The molecule has 112 valence electrons. The Morgan fingerprint density at radius 1 is 1.48 bits per heavy atom. The summed E-state index contributed by atoms with van der Waals surface area (Å²) in [6.45, 7) is 5.17. The molecule has 1 aliphatic rings. The van der Waals surface area contributed by atoms with Gasteiger partial charge >= 0.3 is 0 Å². The van der Waals surface area contributed by atoms with E-state index in [1.165, 1.54) is 11.3 Å². The normalized spacial score (nSPS) is 18.9. The van der Waals surface area contributed by atoms with Gasteiger partial charge in [-0.15, -0.1) is 11.3 Å². The number of rotatable bonds is 2. The molecule has 2 aromatic rings. The maximum atomic E-state index is 12.9. The summed E-state index contributed by atoms with van der Waals surface area (Å²) in [5.41, 5.74) is 6.77. The number of fused-ring (bicyclic) bond motifs is 1. The third-order valence-electron chi connectivity index (χ3n) is 4.21. The maximum absolute atomic E-state index is 12.9. The van der Waals surface area contributed by atoms with E-state index in [9.17, 15) is 4.79 Å². The van der Waals surface area contributed by atoms with Crippen molar-refractivity contribution in [1.29, 1.82) is 0 Å². The standard InChI is InChI=1S/C16H19ClN2OS/c1-9(2)12-4-3-7-19(12)16(20)15-14(18)11-8-10(17)5-6-13(11)21-15/h5-6,8-9,12H,3-4,7,18H2,1-2H3. The number of benzene rings is 1. The minimum absolute atomic E-state index is 0.0704. The van der Waals surface area contributed by atoms with E-state index in [-0.39, 0.29) is 5.91 Å². The smallest absolute Gasteiger partial charge is 0.266 e. The van der Waals surface area contributed by atoms with Crippen molar-refractivity contribution in [2.24, 2.45) is 5.92 Å². The van der Waals surface area contributed by atoms with E-state index in [4.69, 9.17) is 17.3 Å². The molecule has 0 spiro atoms. The SMILES string of the molecule is CC(C)C1CCCN1C(=O)c1sc2ccc(Cl)cc2c1N. The number of hydrogen-bond donors (Lipinski definition) is 1. The lowest BCUT2D eigenvalue weighted by Crippen LogP contribution is -2.38. The maximum Gasteiger partial charge on any atom is 0.266 e. The fraction of sp³-hybridized carbons (Fsp3) is 0.438. The summed E-state index contributed by atoms with van der Waals surface area (Å²) < 4.78 is 1.01. The van der Waals surface area contributed by atoms with Gasteiger partial charge in [0, 0.05) is 27.7 Å². The van der Waals surface area contributed by atoms with Crippen molar-refractivity contribution in [3.05, 3.63) is 28.1 Å². The highest BCUT2D eigenvalue weighted by atomic mass is 35.5. The molecule has 2 N–H and O–H groups in total. The van der Waals surface area contributed by atoms with Gasteiger partial charge in [0.1, 0.15) is 4.88 Å². The number of amides is 1. The lowest BCUT2D eigenvalue weighted by atomic mass is 10.0. The lowest BCUT2D eigenvalue weighted by molar-refractivity contribution is 0.0707. The second-order valence-electron chi connectivity index (χ2n) is 5.94. The molecule has 1 fully saturated rings. The quantitative estimate of drug-likeness (QED) is 0.890. The number of nitrogens with two attached hydrogens (primary N) is 1. The highest BCUT2D eigenvalue weighted by Crippen LogP contribution is 2.37. The monoisotopic (exact) mass is 322 g/mol. The van der Waals surface area contributed by atoms with Crippen LogP contribution in [0.25, 0.3) is 10.1 Å². The second kappa shape index (κ2) is 5.50. The molecule has 0 radical (unpaired) electrons. The van der Waals surface area contributed by atoms with Gasteiger partial charge in [0.05, 0.1) is 5.69 Å². The first-order valence-electron chi connectivity index (χ1n) is 7.27. The molecule has 2 heterocycles. The van der Waals surface area contributed by atoms with Crippen LogP contribution in [0.2, 0.25) is 5.02 Å². The second-order valence-corrected chi connectivity index (χ2v) is 7.43. The fourth-order valence-corrected chi connectivity index (χ4v) is 4.35. The average molecular weight is 323 g/mol. The summed E-state index contributed by atoms with van der Waals surface area (Å²) >= 11 is 7.49. The van der Waals surface area contributed by atoms with E-state index < -0.39 is 0 Å². The van der Waals surface area contributed by atoms with Crippen LogP contribution < -0.4 is 5.73 Å². The predicted molar refractivity (Wildman–Crippen MR) is 90.1 cm³/mol. The molecule has 0 saturated carbocycles. The Morgan fingerprint density at radius 2 is 2.24 bits per heavy atom. The molecule has 0 bridgehead atoms. The number of halogens is 1. The zero-order valence-electron chi connectivity index (χ0n) is 12.2. The van der Waals surface area contributed by atoms with Crippen molar-refractivity contribution in [2.75, 3.05) is 12.3 Å². The molecule has 1 aromatic carbocycles. The molecule has 3 rings (SSSR count). The number of carbonyl (C=O) groups is 1. The van der Waals surface area contributed by atoms with Crippen molar-refractivity contribution in [1.82, 2.24) is 4.90 Å². The van der Waals surface area contributed by atoms with Crippen LogP contribution in [0, 0.1) is 5.92 Å². The third-order valence-corrected chi connectivity index (χ3v) is 5.62. The first-order chi connectivity index (χ1) is 9.99. The molecule has 1 amide bonds. The molecule has 1 aliphatic heterocycles. The number of anilines is 1. The van der Waals surface area contributed by atoms with Gasteiger partial charge in [0.2, 0.25) is 0 Å². The van der Waals surface area contributed by atoms with Crippen LogP contribution in [-0.2, 0) is 0 Å². The molecular formula is C16H19ClN2OS. The highest BCUT2D eigenvalue weighted by Gasteiger charge is 2.33. The molecular weight excluding hydrogens is 304 g/mol. The van der Waals surface area contributed by atoms with Gasteiger partial charge in [-0.1, -0.05) is 25.4 Å². The summed E-state index contributed by atoms with van der Waals surface area (Å²) in [6.07, 6.45) is 2.16. The van der Waals surface area contributed by atoms with Crippen LogP contribution in [0.3, 0.4) is 0 Å². The Balaban J connectivity index is 2.00. The number of thiophene rings is 1. The van der Waals surface area contributed by atoms with Gasteiger partial charge in [-0.25, -0.2) is 0 Å². The van der Waals surface area contributed by atoms with Crippen molar-refractivity contribution in [3.63, 3.8) is 0 Å². The van der Waals surface area contributed by atoms with Crippen molar-refractivity contribution >= 4 is 44.6 Å².